The molecular weight excluding hydrogens is 316 g/mol. The van der Waals surface area contributed by atoms with E-state index in [4.69, 9.17) is 16.3 Å². The van der Waals surface area contributed by atoms with Crippen LogP contribution < -0.4 is 20.9 Å². The minimum Gasteiger partial charge on any atom is -0.505 e. The van der Waals surface area contributed by atoms with Crippen molar-refractivity contribution < 1.29 is 9.84 Å². The molecule has 0 atom stereocenters. The SMILES string of the molecule is COc1c(Nc2ccc(Cl)c(SN(C)C)c2O)c(=O)c1=O. The Hall–Kier alpha value is -1.70. The van der Waals surface area contributed by atoms with E-state index in [1.54, 1.807) is 24.5 Å². The van der Waals surface area contributed by atoms with E-state index in [-0.39, 0.29) is 22.9 Å². The van der Waals surface area contributed by atoms with Gasteiger partial charge in [0, 0.05) is 0 Å². The van der Waals surface area contributed by atoms with E-state index < -0.39 is 10.9 Å². The first-order chi connectivity index (χ1) is 9.86. The van der Waals surface area contributed by atoms with Gasteiger partial charge < -0.3 is 15.2 Å². The second-order valence-electron chi connectivity index (χ2n) is 4.37. The first-order valence-electron chi connectivity index (χ1n) is 5.88. The zero-order chi connectivity index (χ0) is 15.7. The zero-order valence-corrected chi connectivity index (χ0v) is 13.1. The van der Waals surface area contributed by atoms with Crippen LogP contribution in [0.3, 0.4) is 0 Å². The topological polar surface area (TPSA) is 78.9 Å². The second kappa shape index (κ2) is 5.97. The smallest absolute Gasteiger partial charge is 0.272 e. The molecule has 0 saturated heterocycles. The first-order valence-corrected chi connectivity index (χ1v) is 7.03. The van der Waals surface area contributed by atoms with E-state index in [2.05, 4.69) is 5.32 Å². The molecule has 2 rings (SSSR count). The molecule has 0 aliphatic carbocycles. The lowest BCUT2D eigenvalue weighted by Gasteiger charge is -2.16. The average molecular weight is 329 g/mol. The molecule has 0 fully saturated rings. The highest BCUT2D eigenvalue weighted by Crippen LogP contribution is 2.42. The number of benzene rings is 1. The third-order valence-electron chi connectivity index (χ3n) is 2.69. The molecule has 0 aliphatic heterocycles. The number of methoxy groups -OCH3 is 1. The highest BCUT2D eigenvalue weighted by Gasteiger charge is 2.23. The largest absolute Gasteiger partial charge is 0.505 e. The monoisotopic (exact) mass is 328 g/mol. The highest BCUT2D eigenvalue weighted by atomic mass is 35.5. The Morgan fingerprint density at radius 3 is 2.52 bits per heavy atom. The van der Waals surface area contributed by atoms with Gasteiger partial charge in [-0.3, -0.25) is 13.9 Å². The molecule has 0 bridgehead atoms. The van der Waals surface area contributed by atoms with E-state index in [0.29, 0.717) is 9.92 Å². The molecule has 21 heavy (non-hydrogen) atoms. The predicted octanol–water partition coefficient (Wildman–Crippen LogP) is 1.96. The van der Waals surface area contributed by atoms with Crippen LogP contribution in [0.15, 0.2) is 26.6 Å². The third kappa shape index (κ3) is 2.85. The predicted molar refractivity (Wildman–Crippen MR) is 83.8 cm³/mol. The van der Waals surface area contributed by atoms with Crippen molar-refractivity contribution >= 4 is 34.9 Å². The maximum absolute atomic E-state index is 11.5. The number of aromatic hydroxyl groups is 1. The van der Waals surface area contributed by atoms with Crippen LogP contribution in [0.2, 0.25) is 5.02 Å². The summed E-state index contributed by atoms with van der Waals surface area (Å²) in [5.74, 6) is -0.146. The van der Waals surface area contributed by atoms with Crippen molar-refractivity contribution in [3.05, 3.63) is 37.6 Å². The molecule has 0 amide bonds. The number of anilines is 2. The van der Waals surface area contributed by atoms with Crippen molar-refractivity contribution in [2.45, 2.75) is 4.90 Å². The van der Waals surface area contributed by atoms with Gasteiger partial charge in [-0.1, -0.05) is 11.6 Å². The van der Waals surface area contributed by atoms with Crippen molar-refractivity contribution in [2.24, 2.45) is 0 Å². The Labute approximate surface area is 130 Å². The lowest BCUT2D eigenvalue weighted by Crippen LogP contribution is -2.34. The Bertz CT molecular complexity index is 753. The zero-order valence-electron chi connectivity index (χ0n) is 11.6. The molecule has 0 radical (unpaired) electrons. The van der Waals surface area contributed by atoms with Crippen molar-refractivity contribution in [1.29, 1.82) is 0 Å². The van der Waals surface area contributed by atoms with E-state index in [1.165, 1.54) is 25.1 Å². The number of phenolic OH excluding ortho intramolecular Hbond substituents is 1. The summed E-state index contributed by atoms with van der Waals surface area (Å²) in [4.78, 5) is 23.2. The van der Waals surface area contributed by atoms with Crippen LogP contribution in [-0.4, -0.2) is 30.6 Å². The summed E-state index contributed by atoms with van der Waals surface area (Å²) in [5, 5.41) is 13.3. The van der Waals surface area contributed by atoms with Gasteiger partial charge in [-0.05, 0) is 38.2 Å². The lowest BCUT2D eigenvalue weighted by molar-refractivity contribution is 0.408. The van der Waals surface area contributed by atoms with Crippen molar-refractivity contribution in [3.63, 3.8) is 0 Å². The molecule has 2 aromatic rings. The van der Waals surface area contributed by atoms with Gasteiger partial charge in [0.1, 0.15) is 5.69 Å². The Morgan fingerprint density at radius 1 is 1.29 bits per heavy atom. The van der Waals surface area contributed by atoms with Crippen LogP contribution in [0.5, 0.6) is 11.5 Å². The molecule has 0 spiro atoms. The standard InChI is InChI=1S/C13H13ClN2O4S/c1-16(2)21-13-6(14)4-5-7(9(13)17)15-8-10(18)11(19)12(8)20-3/h4-5,15,17H,1-3H3. The fourth-order valence-corrected chi connectivity index (χ4v) is 2.70. The maximum Gasteiger partial charge on any atom is 0.272 e. The van der Waals surface area contributed by atoms with Crippen LogP contribution in [-0.2, 0) is 0 Å². The number of nitrogens with zero attached hydrogens (tertiary/aromatic N) is 1. The van der Waals surface area contributed by atoms with Gasteiger partial charge in [0.05, 0.1) is 22.7 Å². The van der Waals surface area contributed by atoms with Gasteiger partial charge in [-0.15, -0.1) is 0 Å². The van der Waals surface area contributed by atoms with Gasteiger partial charge in [0.2, 0.25) is 0 Å². The summed E-state index contributed by atoms with van der Waals surface area (Å²) >= 11 is 7.28. The number of halogens is 1. The van der Waals surface area contributed by atoms with E-state index >= 15 is 0 Å². The average Bonchev–Trinajstić information content (AvgIpc) is 2.44. The summed E-state index contributed by atoms with van der Waals surface area (Å²) in [7, 11) is 4.91. The van der Waals surface area contributed by atoms with Gasteiger partial charge in [-0.2, -0.15) is 0 Å². The fourth-order valence-electron chi connectivity index (χ4n) is 1.73. The van der Waals surface area contributed by atoms with Crippen LogP contribution >= 0.6 is 23.5 Å². The van der Waals surface area contributed by atoms with Crippen molar-refractivity contribution in [1.82, 2.24) is 4.31 Å². The second-order valence-corrected chi connectivity index (χ2v) is 6.10. The van der Waals surface area contributed by atoms with Crippen LogP contribution in [0.1, 0.15) is 0 Å². The number of nitrogens with one attached hydrogen (secondary N) is 1. The Morgan fingerprint density at radius 2 is 1.95 bits per heavy atom. The highest BCUT2D eigenvalue weighted by molar-refractivity contribution is 7.97. The van der Waals surface area contributed by atoms with E-state index in [9.17, 15) is 14.7 Å². The molecule has 0 unspecified atom stereocenters. The minimum atomic E-state index is -0.684. The fraction of sp³-hybridized carbons (Fsp3) is 0.231. The molecule has 0 aromatic heterocycles. The Kier molecular flexibility index (Phi) is 4.46. The number of hydrogen-bond donors (Lipinski definition) is 2. The summed E-state index contributed by atoms with van der Waals surface area (Å²) in [6.45, 7) is 0. The maximum atomic E-state index is 11.5. The molecule has 2 aromatic carbocycles. The molecule has 0 saturated carbocycles. The quantitative estimate of drug-likeness (QED) is 0.493. The number of ether oxygens (including phenoxy) is 1. The molecular formula is C13H13ClN2O4S. The summed E-state index contributed by atoms with van der Waals surface area (Å²) in [6, 6.07) is 3.11. The lowest BCUT2D eigenvalue weighted by atomic mass is 10.2. The Balaban J connectivity index is 2.40. The van der Waals surface area contributed by atoms with Crippen LogP contribution in [0, 0.1) is 0 Å². The minimum absolute atomic E-state index is 0.0286. The van der Waals surface area contributed by atoms with E-state index in [0.717, 1.165) is 0 Å². The van der Waals surface area contributed by atoms with Gasteiger partial charge >= 0.3 is 0 Å². The van der Waals surface area contributed by atoms with Crippen LogP contribution in [0.25, 0.3) is 0 Å². The van der Waals surface area contributed by atoms with Gasteiger partial charge in [-0.25, -0.2) is 0 Å². The summed E-state index contributed by atoms with van der Waals surface area (Å²) in [6.07, 6.45) is 0. The van der Waals surface area contributed by atoms with E-state index in [1.807, 2.05) is 0 Å². The van der Waals surface area contributed by atoms with Crippen LogP contribution in [0.4, 0.5) is 11.4 Å². The summed E-state index contributed by atoms with van der Waals surface area (Å²) in [5.41, 5.74) is -1.06. The third-order valence-corrected chi connectivity index (χ3v) is 4.08. The van der Waals surface area contributed by atoms with Crippen molar-refractivity contribution in [2.75, 3.05) is 26.5 Å². The number of rotatable bonds is 5. The molecule has 2 N–H and O–H groups in total. The summed E-state index contributed by atoms with van der Waals surface area (Å²) < 4.78 is 6.60. The number of hydrogen-bond acceptors (Lipinski definition) is 7. The molecule has 8 heteroatoms. The first kappa shape index (κ1) is 15.7. The normalized spacial score (nSPS) is 11.1. The van der Waals surface area contributed by atoms with Crippen molar-refractivity contribution in [3.8, 4) is 11.5 Å². The van der Waals surface area contributed by atoms with Gasteiger partial charge in [0.15, 0.2) is 11.5 Å². The molecule has 0 aliphatic rings. The molecule has 0 heterocycles. The molecule has 112 valence electrons. The molecule has 6 nitrogen and oxygen atoms in total. The van der Waals surface area contributed by atoms with Gasteiger partial charge in [0.25, 0.3) is 10.9 Å². The number of phenols is 1.